The van der Waals surface area contributed by atoms with Gasteiger partial charge in [0.25, 0.3) is 0 Å². The Balaban J connectivity index is 2.28. The first-order valence-electron chi connectivity index (χ1n) is 14.0. The molecule has 0 N–H and O–H groups in total. The second-order valence-corrected chi connectivity index (χ2v) is 10.6. The maximum atomic E-state index is 12.9. The molecule has 38 heavy (non-hydrogen) atoms. The number of nitrogens with zero attached hydrogens (tertiary/aromatic N) is 1. The quantitative estimate of drug-likeness (QED) is 0.323. The molecule has 0 spiro atoms. The number of hydrogen-bond acceptors (Lipinski definition) is 8. The van der Waals surface area contributed by atoms with Crippen LogP contribution in [0.3, 0.4) is 0 Å². The fourth-order valence-electron chi connectivity index (χ4n) is 5.14. The molecule has 5 atom stereocenters. The second-order valence-electron chi connectivity index (χ2n) is 10.6. The predicted octanol–water partition coefficient (Wildman–Crippen LogP) is 4.98. The van der Waals surface area contributed by atoms with Gasteiger partial charge in [-0.2, -0.15) is 0 Å². The Morgan fingerprint density at radius 3 is 2.34 bits per heavy atom. The number of rotatable bonds is 9. The van der Waals surface area contributed by atoms with Gasteiger partial charge in [-0.1, -0.05) is 44.2 Å². The van der Waals surface area contributed by atoms with Crippen molar-refractivity contribution in [3.63, 3.8) is 0 Å². The van der Waals surface area contributed by atoms with Crippen LogP contribution in [-0.2, 0) is 39.8 Å². The molecule has 1 aliphatic rings. The third-order valence-electron chi connectivity index (χ3n) is 7.38. The van der Waals surface area contributed by atoms with Crippen molar-refractivity contribution in [1.82, 2.24) is 4.90 Å². The summed E-state index contributed by atoms with van der Waals surface area (Å²) >= 11 is 0. The lowest BCUT2D eigenvalue weighted by atomic mass is 9.85. The average Bonchev–Trinajstić information content (AvgIpc) is 2.91. The third-order valence-corrected chi connectivity index (χ3v) is 7.38. The van der Waals surface area contributed by atoms with Gasteiger partial charge in [-0.15, -0.1) is 0 Å². The van der Waals surface area contributed by atoms with Crippen LogP contribution in [0.25, 0.3) is 0 Å². The van der Waals surface area contributed by atoms with E-state index in [4.69, 9.17) is 23.7 Å². The highest BCUT2D eigenvalue weighted by atomic mass is 16.7. The zero-order valence-electron chi connectivity index (χ0n) is 24.2. The van der Waals surface area contributed by atoms with Crippen molar-refractivity contribution in [3.8, 4) is 0 Å². The highest BCUT2D eigenvalue weighted by Crippen LogP contribution is 2.29. The van der Waals surface area contributed by atoms with Crippen LogP contribution < -0.4 is 0 Å². The summed E-state index contributed by atoms with van der Waals surface area (Å²) < 4.78 is 28.3. The largest absolute Gasteiger partial charge is 0.463 e. The number of methoxy groups -OCH3 is 3. The molecule has 8 heteroatoms. The van der Waals surface area contributed by atoms with Crippen molar-refractivity contribution in [1.29, 1.82) is 0 Å². The second kappa shape index (κ2) is 17.6. The van der Waals surface area contributed by atoms with Crippen LogP contribution in [0.2, 0.25) is 0 Å². The summed E-state index contributed by atoms with van der Waals surface area (Å²) in [6, 6.07) is 10.5. The zero-order chi connectivity index (χ0) is 27.9. The number of hydrogen-bond donors (Lipinski definition) is 0. The standard InChI is InChI=1S/C30H49NO7/c1-7-28(32)38-27-20-29(33)37-23(3)14-16-31(21-24-11-9-8-10-12-24)15-13-22(2)17-25(18-26(27)34-4)19-30(35-5)36-6/h8-12,22-23,25-27,30H,7,13-21H2,1-6H3. The third kappa shape index (κ3) is 11.8. The van der Waals surface area contributed by atoms with E-state index in [1.165, 1.54) is 5.56 Å². The first-order valence-corrected chi connectivity index (χ1v) is 14.0. The highest BCUT2D eigenvalue weighted by Gasteiger charge is 2.32. The lowest BCUT2D eigenvalue weighted by Crippen LogP contribution is -2.38. The van der Waals surface area contributed by atoms with Crippen LogP contribution in [0.15, 0.2) is 30.3 Å². The van der Waals surface area contributed by atoms with Gasteiger partial charge in [-0.3, -0.25) is 14.5 Å². The van der Waals surface area contributed by atoms with Crippen LogP contribution in [-0.4, -0.2) is 75.9 Å². The van der Waals surface area contributed by atoms with E-state index in [0.29, 0.717) is 18.8 Å². The molecular formula is C30H49NO7. The molecular weight excluding hydrogens is 486 g/mol. The van der Waals surface area contributed by atoms with Crippen molar-refractivity contribution in [2.75, 3.05) is 34.4 Å². The van der Waals surface area contributed by atoms with E-state index in [0.717, 1.165) is 38.9 Å². The fraction of sp³-hybridized carbons (Fsp3) is 0.733. The molecule has 5 unspecified atom stereocenters. The molecule has 216 valence electrons. The maximum Gasteiger partial charge on any atom is 0.309 e. The van der Waals surface area contributed by atoms with E-state index in [2.05, 4.69) is 36.1 Å². The van der Waals surface area contributed by atoms with Gasteiger partial charge >= 0.3 is 11.9 Å². The first kappa shape index (κ1) is 32.2. The minimum absolute atomic E-state index is 0.0391. The summed E-state index contributed by atoms with van der Waals surface area (Å²) in [4.78, 5) is 27.6. The van der Waals surface area contributed by atoms with Gasteiger partial charge in [0.15, 0.2) is 6.29 Å². The van der Waals surface area contributed by atoms with Crippen LogP contribution >= 0.6 is 0 Å². The van der Waals surface area contributed by atoms with Crippen molar-refractivity contribution in [2.45, 2.75) is 96.9 Å². The number of cyclic esters (lactones) is 1. The summed E-state index contributed by atoms with van der Waals surface area (Å²) in [6.45, 7) is 8.58. The number of ether oxygens (including phenoxy) is 5. The van der Waals surface area contributed by atoms with E-state index in [1.807, 2.05) is 13.0 Å². The van der Waals surface area contributed by atoms with Crippen molar-refractivity contribution in [2.24, 2.45) is 11.8 Å². The van der Waals surface area contributed by atoms with Gasteiger partial charge in [0, 0.05) is 47.3 Å². The Kier molecular flexibility index (Phi) is 14.9. The topological polar surface area (TPSA) is 83.5 Å². The van der Waals surface area contributed by atoms with Gasteiger partial charge in [0.2, 0.25) is 0 Å². The SMILES string of the molecule is CCC(=O)OC1CC(=O)OC(C)CCN(Cc2ccccc2)CCC(C)CC(CC(OC)OC)CC1OC. The summed E-state index contributed by atoms with van der Waals surface area (Å²) in [5, 5.41) is 0. The molecule has 1 aromatic rings. The average molecular weight is 536 g/mol. The minimum atomic E-state index is -0.715. The summed E-state index contributed by atoms with van der Waals surface area (Å²) in [7, 11) is 4.89. The summed E-state index contributed by atoms with van der Waals surface area (Å²) in [6.07, 6.45) is 2.44. The molecule has 1 heterocycles. The van der Waals surface area contributed by atoms with Crippen molar-refractivity contribution >= 4 is 11.9 Å². The number of carbonyl (C=O) groups is 2. The molecule has 0 saturated carbocycles. The maximum absolute atomic E-state index is 12.9. The Labute approximate surface area is 229 Å². The van der Waals surface area contributed by atoms with Crippen LogP contribution in [0.4, 0.5) is 0 Å². The van der Waals surface area contributed by atoms with Crippen molar-refractivity contribution in [3.05, 3.63) is 35.9 Å². The van der Waals surface area contributed by atoms with Gasteiger partial charge in [-0.05, 0) is 56.6 Å². The monoisotopic (exact) mass is 535 g/mol. The fourth-order valence-corrected chi connectivity index (χ4v) is 5.14. The van der Waals surface area contributed by atoms with Gasteiger partial charge in [0.05, 0.1) is 12.5 Å². The van der Waals surface area contributed by atoms with E-state index in [-0.39, 0.29) is 43.1 Å². The number of benzene rings is 1. The van der Waals surface area contributed by atoms with Crippen LogP contribution in [0.5, 0.6) is 0 Å². The van der Waals surface area contributed by atoms with E-state index >= 15 is 0 Å². The van der Waals surface area contributed by atoms with Gasteiger partial charge < -0.3 is 23.7 Å². The number of esters is 2. The Bertz CT molecular complexity index is 801. The Hall–Kier alpha value is -2.00. The molecule has 0 aliphatic carbocycles. The molecule has 8 nitrogen and oxygen atoms in total. The minimum Gasteiger partial charge on any atom is -0.463 e. The molecule has 2 rings (SSSR count). The van der Waals surface area contributed by atoms with Crippen LogP contribution in [0.1, 0.15) is 71.3 Å². The zero-order valence-corrected chi connectivity index (χ0v) is 24.2. The van der Waals surface area contributed by atoms with Crippen molar-refractivity contribution < 1.29 is 33.3 Å². The van der Waals surface area contributed by atoms with Gasteiger partial charge in [-0.25, -0.2) is 0 Å². The molecule has 0 aromatic heterocycles. The Morgan fingerprint density at radius 1 is 1.03 bits per heavy atom. The van der Waals surface area contributed by atoms with E-state index < -0.39 is 12.2 Å². The van der Waals surface area contributed by atoms with Crippen LogP contribution in [0, 0.1) is 11.8 Å². The molecule has 0 bridgehead atoms. The lowest BCUT2D eigenvalue weighted by Gasteiger charge is -2.31. The molecule has 0 amide bonds. The molecule has 1 aromatic carbocycles. The molecule has 1 aliphatic heterocycles. The van der Waals surface area contributed by atoms with Gasteiger partial charge in [0.1, 0.15) is 12.2 Å². The summed E-state index contributed by atoms with van der Waals surface area (Å²) in [5.74, 6) is -0.106. The predicted molar refractivity (Wildman–Crippen MR) is 146 cm³/mol. The normalized spacial score (nSPS) is 26.8. The highest BCUT2D eigenvalue weighted by molar-refractivity contribution is 5.72. The first-order chi connectivity index (χ1) is 18.3. The van der Waals surface area contributed by atoms with E-state index in [1.54, 1.807) is 28.3 Å². The smallest absolute Gasteiger partial charge is 0.309 e. The summed E-state index contributed by atoms with van der Waals surface area (Å²) in [5.41, 5.74) is 1.27. The molecule has 1 saturated heterocycles. The molecule has 1 fully saturated rings. The molecule has 0 radical (unpaired) electrons. The lowest BCUT2D eigenvalue weighted by molar-refractivity contribution is -0.166. The Morgan fingerprint density at radius 2 is 1.71 bits per heavy atom. The van der Waals surface area contributed by atoms with E-state index in [9.17, 15) is 9.59 Å². The number of carbonyl (C=O) groups excluding carboxylic acids is 2.